The average molecular weight is 565 g/mol. The lowest BCUT2D eigenvalue weighted by Gasteiger charge is -2.29. The quantitative estimate of drug-likeness (QED) is 0.0723. The molecule has 0 saturated carbocycles. The Morgan fingerprint density at radius 2 is 1.76 bits per heavy atom. The predicted molar refractivity (Wildman–Crippen MR) is 134 cm³/mol. The molecule has 0 heterocycles. The SMILES string of the molecule is NC(N)=NCCC[C@@H](C(=O)O)N(NCc1cccc(I)c1)C(=O)CC(=O)Cc1ccccc1. The summed E-state index contributed by atoms with van der Waals surface area (Å²) in [5.74, 6) is -2.16. The number of nitrogens with two attached hydrogens (primary N) is 2. The van der Waals surface area contributed by atoms with Crippen LogP contribution < -0.4 is 16.9 Å². The maximum Gasteiger partial charge on any atom is 0.328 e. The number of guanidine groups is 1. The molecule has 33 heavy (non-hydrogen) atoms. The normalized spacial score (nSPS) is 11.4. The fourth-order valence-electron chi connectivity index (χ4n) is 3.19. The summed E-state index contributed by atoms with van der Waals surface area (Å²) in [6.07, 6.45) is 0.150. The highest BCUT2D eigenvalue weighted by atomic mass is 127. The second-order valence-electron chi connectivity index (χ2n) is 7.41. The standard InChI is InChI=1S/C23H28IN5O4/c24-18-9-4-8-17(12-18)15-28-29(20(22(32)33)10-5-11-27-23(25)26)21(31)14-19(30)13-16-6-2-1-3-7-16/h1-4,6-9,12,20,28H,5,10-11,13-15H2,(H,32,33)(H4,25,26,27)/t20-/m0/s1. The van der Waals surface area contributed by atoms with Crippen LogP contribution in [0.25, 0.3) is 0 Å². The number of nitrogens with zero attached hydrogens (tertiary/aromatic N) is 2. The number of carboxylic acids is 1. The zero-order valence-corrected chi connectivity index (χ0v) is 20.3. The van der Waals surface area contributed by atoms with E-state index in [1.54, 1.807) is 12.1 Å². The third-order valence-corrected chi connectivity index (χ3v) is 5.40. The fourth-order valence-corrected chi connectivity index (χ4v) is 3.80. The number of nitrogens with one attached hydrogen (secondary N) is 1. The number of aliphatic carboxylic acids is 1. The van der Waals surface area contributed by atoms with E-state index in [0.717, 1.165) is 19.7 Å². The van der Waals surface area contributed by atoms with Crippen LogP contribution in [0.3, 0.4) is 0 Å². The number of amides is 1. The molecule has 0 aliphatic rings. The Morgan fingerprint density at radius 1 is 1.06 bits per heavy atom. The van der Waals surface area contributed by atoms with Crippen LogP contribution in [-0.2, 0) is 27.3 Å². The summed E-state index contributed by atoms with van der Waals surface area (Å²) < 4.78 is 1.01. The van der Waals surface area contributed by atoms with Gasteiger partial charge in [-0.2, -0.15) is 0 Å². The van der Waals surface area contributed by atoms with Gasteiger partial charge in [0.2, 0.25) is 5.91 Å². The van der Waals surface area contributed by atoms with Crippen LogP contribution in [-0.4, -0.2) is 46.3 Å². The number of hydrazine groups is 1. The number of hydrogen-bond donors (Lipinski definition) is 4. The number of carbonyl (C=O) groups is 3. The van der Waals surface area contributed by atoms with E-state index in [1.807, 2.05) is 42.5 Å². The lowest BCUT2D eigenvalue weighted by Crippen LogP contribution is -2.53. The smallest absolute Gasteiger partial charge is 0.328 e. The zero-order chi connectivity index (χ0) is 24.2. The largest absolute Gasteiger partial charge is 0.480 e. The zero-order valence-electron chi connectivity index (χ0n) is 18.1. The topological polar surface area (TPSA) is 151 Å². The van der Waals surface area contributed by atoms with Crippen molar-refractivity contribution < 1.29 is 19.5 Å². The third-order valence-electron chi connectivity index (χ3n) is 4.73. The van der Waals surface area contributed by atoms with Crippen molar-refractivity contribution >= 4 is 46.2 Å². The molecular formula is C23H28IN5O4. The summed E-state index contributed by atoms with van der Waals surface area (Å²) in [4.78, 5) is 41.4. The van der Waals surface area contributed by atoms with Crippen LogP contribution in [0.1, 0.15) is 30.4 Å². The summed E-state index contributed by atoms with van der Waals surface area (Å²) in [6.45, 7) is 0.463. The molecule has 0 saturated heterocycles. The van der Waals surface area contributed by atoms with E-state index < -0.39 is 24.3 Å². The van der Waals surface area contributed by atoms with Crippen LogP contribution in [0, 0.1) is 3.57 Å². The van der Waals surface area contributed by atoms with E-state index >= 15 is 0 Å². The molecule has 2 rings (SSSR count). The molecule has 1 atom stereocenters. The molecule has 0 bridgehead atoms. The molecule has 0 aromatic heterocycles. The van der Waals surface area contributed by atoms with Crippen molar-refractivity contribution in [3.63, 3.8) is 0 Å². The first-order valence-electron chi connectivity index (χ1n) is 10.4. The van der Waals surface area contributed by atoms with E-state index in [4.69, 9.17) is 11.5 Å². The summed E-state index contributed by atoms with van der Waals surface area (Å²) in [7, 11) is 0. The number of rotatable bonds is 13. The van der Waals surface area contributed by atoms with Gasteiger partial charge >= 0.3 is 5.97 Å². The molecule has 10 heteroatoms. The number of ketones is 1. The fraction of sp³-hybridized carbons (Fsp3) is 0.304. The Balaban J connectivity index is 2.13. The molecule has 0 aliphatic heterocycles. The summed E-state index contributed by atoms with van der Waals surface area (Å²) in [6, 6.07) is 15.5. The first-order chi connectivity index (χ1) is 15.8. The summed E-state index contributed by atoms with van der Waals surface area (Å²) >= 11 is 2.17. The minimum Gasteiger partial charge on any atom is -0.480 e. The molecule has 0 aliphatic carbocycles. The molecule has 176 valence electrons. The van der Waals surface area contributed by atoms with Crippen molar-refractivity contribution in [3.05, 3.63) is 69.3 Å². The molecule has 0 radical (unpaired) electrons. The van der Waals surface area contributed by atoms with Gasteiger partial charge < -0.3 is 16.6 Å². The van der Waals surface area contributed by atoms with Crippen LogP contribution in [0.15, 0.2) is 59.6 Å². The number of hydrogen-bond acceptors (Lipinski definition) is 5. The molecule has 0 spiro atoms. The van der Waals surface area contributed by atoms with Gasteiger partial charge in [0.05, 0.1) is 6.42 Å². The maximum atomic E-state index is 13.0. The Labute approximate surface area is 206 Å². The Kier molecular flexibility index (Phi) is 10.8. The molecule has 0 unspecified atom stereocenters. The van der Waals surface area contributed by atoms with Gasteiger partial charge in [0.15, 0.2) is 5.96 Å². The number of halogens is 1. The molecular weight excluding hydrogens is 537 g/mol. The van der Waals surface area contributed by atoms with Gasteiger partial charge in [-0.25, -0.2) is 10.2 Å². The van der Waals surface area contributed by atoms with Crippen molar-refractivity contribution in [2.24, 2.45) is 16.5 Å². The highest BCUT2D eigenvalue weighted by Gasteiger charge is 2.30. The van der Waals surface area contributed by atoms with Crippen molar-refractivity contribution in [1.29, 1.82) is 0 Å². The number of aliphatic imine (C=N–C) groups is 1. The molecule has 1 amide bonds. The van der Waals surface area contributed by atoms with Crippen LogP contribution in [0.4, 0.5) is 0 Å². The van der Waals surface area contributed by atoms with E-state index in [-0.39, 0.29) is 37.7 Å². The second-order valence-corrected chi connectivity index (χ2v) is 8.65. The van der Waals surface area contributed by atoms with Crippen molar-refractivity contribution in [1.82, 2.24) is 10.4 Å². The second kappa shape index (κ2) is 13.5. The van der Waals surface area contributed by atoms with Gasteiger partial charge in [-0.15, -0.1) is 0 Å². The Hall–Kier alpha value is -2.99. The number of carboxylic acid groups (broad SMARTS) is 1. The van der Waals surface area contributed by atoms with Crippen molar-refractivity contribution in [2.75, 3.05) is 6.54 Å². The number of benzene rings is 2. The highest BCUT2D eigenvalue weighted by molar-refractivity contribution is 14.1. The summed E-state index contributed by atoms with van der Waals surface area (Å²) in [5, 5.41) is 10.9. The number of Topliss-reactive ketones (excluding diaryl/α,β-unsaturated/α-hetero) is 1. The predicted octanol–water partition coefficient (Wildman–Crippen LogP) is 1.83. The van der Waals surface area contributed by atoms with Gasteiger partial charge in [0, 0.05) is 23.1 Å². The van der Waals surface area contributed by atoms with Gasteiger partial charge in [-0.05, 0) is 58.7 Å². The lowest BCUT2D eigenvalue weighted by atomic mass is 10.1. The van der Waals surface area contributed by atoms with Gasteiger partial charge in [0.1, 0.15) is 11.8 Å². The highest BCUT2D eigenvalue weighted by Crippen LogP contribution is 2.12. The van der Waals surface area contributed by atoms with Gasteiger partial charge in [-0.3, -0.25) is 19.6 Å². The molecule has 9 nitrogen and oxygen atoms in total. The van der Waals surface area contributed by atoms with E-state index in [0.29, 0.717) is 6.42 Å². The van der Waals surface area contributed by atoms with Crippen LogP contribution in [0.5, 0.6) is 0 Å². The van der Waals surface area contributed by atoms with Crippen LogP contribution >= 0.6 is 22.6 Å². The number of carbonyl (C=O) groups excluding carboxylic acids is 2. The van der Waals surface area contributed by atoms with E-state index in [1.165, 1.54) is 0 Å². The first-order valence-corrected chi connectivity index (χ1v) is 11.5. The monoisotopic (exact) mass is 565 g/mol. The average Bonchev–Trinajstić information content (AvgIpc) is 2.75. The van der Waals surface area contributed by atoms with Crippen molar-refractivity contribution in [3.8, 4) is 0 Å². The van der Waals surface area contributed by atoms with E-state index in [2.05, 4.69) is 33.0 Å². The maximum absolute atomic E-state index is 13.0. The lowest BCUT2D eigenvalue weighted by molar-refractivity contribution is -0.155. The van der Waals surface area contributed by atoms with Gasteiger partial charge in [0.25, 0.3) is 0 Å². The first kappa shape index (κ1) is 26.3. The molecule has 2 aromatic carbocycles. The third kappa shape index (κ3) is 9.58. The minimum atomic E-state index is -1.18. The Bertz CT molecular complexity index is 980. The Morgan fingerprint density at radius 3 is 2.39 bits per heavy atom. The summed E-state index contributed by atoms with van der Waals surface area (Å²) in [5.41, 5.74) is 15.2. The minimum absolute atomic E-state index is 0.0851. The van der Waals surface area contributed by atoms with Crippen LogP contribution in [0.2, 0.25) is 0 Å². The van der Waals surface area contributed by atoms with Gasteiger partial charge in [-0.1, -0.05) is 42.5 Å². The molecule has 6 N–H and O–H groups in total. The molecule has 2 aromatic rings. The van der Waals surface area contributed by atoms with Crippen molar-refractivity contribution in [2.45, 2.75) is 38.3 Å². The molecule has 0 fully saturated rings. The van der Waals surface area contributed by atoms with E-state index in [9.17, 15) is 19.5 Å².